The summed E-state index contributed by atoms with van der Waals surface area (Å²) >= 11 is 0. The lowest BCUT2D eigenvalue weighted by Gasteiger charge is -2.37. The highest BCUT2D eigenvalue weighted by atomic mass is 19.1. The Kier molecular flexibility index (Phi) is 4.28. The second-order valence-corrected chi connectivity index (χ2v) is 9.15. The van der Waals surface area contributed by atoms with Crippen LogP contribution in [0.15, 0.2) is 30.6 Å². The number of hydrogen-bond acceptors (Lipinski definition) is 5. The third-order valence-corrected chi connectivity index (χ3v) is 7.15. The molecular weight excluding hydrogens is 402 g/mol. The molecule has 4 aliphatic rings. The van der Waals surface area contributed by atoms with E-state index in [-0.39, 0.29) is 18.2 Å². The van der Waals surface area contributed by atoms with Crippen molar-refractivity contribution in [3.05, 3.63) is 53.4 Å². The van der Waals surface area contributed by atoms with Crippen LogP contribution in [0.5, 0.6) is 0 Å². The van der Waals surface area contributed by atoms with Gasteiger partial charge in [-0.1, -0.05) is 0 Å². The van der Waals surface area contributed by atoms with Crippen molar-refractivity contribution in [2.24, 2.45) is 0 Å². The fourth-order valence-corrected chi connectivity index (χ4v) is 5.33. The Bertz CT molecular complexity index is 998. The zero-order chi connectivity index (χ0) is 21.2. The smallest absolute Gasteiger partial charge is 0.257 e. The molecular formula is C23H24F2N4O2. The first-order valence-corrected chi connectivity index (χ1v) is 11.1. The van der Waals surface area contributed by atoms with Crippen molar-refractivity contribution < 1.29 is 18.3 Å². The van der Waals surface area contributed by atoms with Crippen molar-refractivity contribution in [2.75, 3.05) is 18.0 Å². The first-order chi connectivity index (χ1) is 15.0. The van der Waals surface area contributed by atoms with E-state index >= 15 is 0 Å². The summed E-state index contributed by atoms with van der Waals surface area (Å²) < 4.78 is 33.8. The highest BCUT2D eigenvalue weighted by molar-refractivity contribution is 5.88. The molecule has 1 aliphatic carbocycles. The van der Waals surface area contributed by atoms with Gasteiger partial charge in [0.15, 0.2) is 5.60 Å². The molecule has 3 saturated heterocycles. The number of piperidine rings is 1. The van der Waals surface area contributed by atoms with E-state index in [9.17, 15) is 13.6 Å². The minimum absolute atomic E-state index is 0.0608. The van der Waals surface area contributed by atoms with Crippen LogP contribution in [0.2, 0.25) is 0 Å². The van der Waals surface area contributed by atoms with Crippen LogP contribution < -0.4 is 4.90 Å². The number of benzene rings is 1. The molecule has 1 spiro atoms. The molecule has 0 N–H and O–H groups in total. The van der Waals surface area contributed by atoms with Crippen LogP contribution >= 0.6 is 0 Å². The van der Waals surface area contributed by atoms with Gasteiger partial charge in [0.25, 0.3) is 5.91 Å². The van der Waals surface area contributed by atoms with E-state index in [4.69, 9.17) is 4.74 Å². The summed E-state index contributed by atoms with van der Waals surface area (Å²) in [7, 11) is 0. The Morgan fingerprint density at radius 1 is 0.935 bits per heavy atom. The number of nitrogens with zero attached hydrogens (tertiary/aromatic N) is 4. The minimum Gasteiger partial charge on any atom is -0.342 e. The second-order valence-electron chi connectivity index (χ2n) is 9.15. The highest BCUT2D eigenvalue weighted by Gasteiger charge is 2.58. The lowest BCUT2D eigenvalue weighted by molar-refractivity contribution is -0.140. The maximum absolute atomic E-state index is 13.8. The van der Waals surface area contributed by atoms with Gasteiger partial charge in [0.2, 0.25) is 5.95 Å². The summed E-state index contributed by atoms with van der Waals surface area (Å²) in [4.78, 5) is 26.3. The van der Waals surface area contributed by atoms with Gasteiger partial charge in [-0.25, -0.2) is 18.7 Å². The average Bonchev–Trinajstić information content (AvgIpc) is 3.48. The molecule has 1 aromatic heterocycles. The van der Waals surface area contributed by atoms with Crippen molar-refractivity contribution in [3.63, 3.8) is 0 Å². The van der Waals surface area contributed by atoms with Crippen LogP contribution in [0.25, 0.3) is 0 Å². The highest BCUT2D eigenvalue weighted by Crippen LogP contribution is 2.48. The average molecular weight is 426 g/mol. The molecule has 31 heavy (non-hydrogen) atoms. The van der Waals surface area contributed by atoms with Crippen molar-refractivity contribution in [1.29, 1.82) is 0 Å². The third-order valence-electron chi connectivity index (χ3n) is 7.15. The maximum Gasteiger partial charge on any atom is 0.257 e. The summed E-state index contributed by atoms with van der Waals surface area (Å²) in [5.41, 5.74) is 0.835. The van der Waals surface area contributed by atoms with Crippen LogP contribution in [0.1, 0.15) is 61.6 Å². The molecule has 0 bridgehead atoms. The standard InChI is InChI=1S/C23H24F2N4O2/c24-17-9-15(10-18(25)11-17)19-3-4-20-29(19)21(30)23(31-20)5-7-28(8-6-23)22-26-12-16(13-27-22)14-1-2-14/h9-14,19-20H,1-8H2/t19-,20+/m0/s1. The number of aromatic nitrogens is 2. The molecule has 1 aromatic carbocycles. The first kappa shape index (κ1) is 19.1. The molecule has 2 atom stereocenters. The first-order valence-electron chi connectivity index (χ1n) is 11.1. The van der Waals surface area contributed by atoms with E-state index in [1.807, 2.05) is 12.4 Å². The second kappa shape index (κ2) is 6.95. The predicted molar refractivity (Wildman–Crippen MR) is 108 cm³/mol. The van der Waals surface area contributed by atoms with Gasteiger partial charge < -0.3 is 14.5 Å². The van der Waals surface area contributed by atoms with Crippen LogP contribution in [-0.4, -0.2) is 45.7 Å². The van der Waals surface area contributed by atoms with E-state index in [0.717, 1.165) is 6.07 Å². The Hall–Kier alpha value is -2.61. The van der Waals surface area contributed by atoms with Gasteiger partial charge in [-0.05, 0) is 54.9 Å². The number of rotatable bonds is 3. The van der Waals surface area contributed by atoms with Gasteiger partial charge in [-0.15, -0.1) is 0 Å². The summed E-state index contributed by atoms with van der Waals surface area (Å²) in [6.07, 6.45) is 8.36. The van der Waals surface area contributed by atoms with E-state index in [0.29, 0.717) is 56.2 Å². The monoisotopic (exact) mass is 426 g/mol. The zero-order valence-corrected chi connectivity index (χ0v) is 17.1. The molecule has 6 rings (SSSR count). The normalized spacial score (nSPS) is 27.2. The van der Waals surface area contributed by atoms with E-state index < -0.39 is 17.2 Å². The Morgan fingerprint density at radius 2 is 1.61 bits per heavy atom. The quantitative estimate of drug-likeness (QED) is 0.749. The van der Waals surface area contributed by atoms with Crippen LogP contribution in [0.4, 0.5) is 14.7 Å². The summed E-state index contributed by atoms with van der Waals surface area (Å²) in [6, 6.07) is 3.15. The van der Waals surface area contributed by atoms with Gasteiger partial charge in [0.05, 0.1) is 6.04 Å². The fraction of sp³-hybridized carbons (Fsp3) is 0.522. The molecule has 6 nitrogen and oxygen atoms in total. The summed E-state index contributed by atoms with van der Waals surface area (Å²) in [6.45, 7) is 1.27. The maximum atomic E-state index is 13.8. The Balaban J connectivity index is 1.17. The molecule has 4 fully saturated rings. The van der Waals surface area contributed by atoms with Gasteiger partial charge in [-0.2, -0.15) is 0 Å². The third kappa shape index (κ3) is 3.19. The van der Waals surface area contributed by atoms with Gasteiger partial charge in [-0.3, -0.25) is 4.79 Å². The number of amides is 1. The Morgan fingerprint density at radius 3 is 2.26 bits per heavy atom. The minimum atomic E-state index is -0.861. The van der Waals surface area contributed by atoms with E-state index in [1.54, 1.807) is 4.90 Å². The van der Waals surface area contributed by atoms with Crippen molar-refractivity contribution in [2.45, 2.75) is 62.3 Å². The van der Waals surface area contributed by atoms with Crippen molar-refractivity contribution in [3.8, 4) is 0 Å². The van der Waals surface area contributed by atoms with Gasteiger partial charge in [0, 0.05) is 44.4 Å². The van der Waals surface area contributed by atoms with Crippen molar-refractivity contribution >= 4 is 11.9 Å². The van der Waals surface area contributed by atoms with Crippen LogP contribution in [-0.2, 0) is 9.53 Å². The number of ether oxygens (including phenoxy) is 1. The van der Waals surface area contributed by atoms with Crippen molar-refractivity contribution in [1.82, 2.24) is 14.9 Å². The van der Waals surface area contributed by atoms with Gasteiger partial charge >= 0.3 is 0 Å². The van der Waals surface area contributed by atoms with Crippen LogP contribution in [0, 0.1) is 11.6 Å². The molecule has 0 radical (unpaired) electrons. The number of anilines is 1. The van der Waals surface area contributed by atoms with Gasteiger partial charge in [0.1, 0.15) is 17.9 Å². The predicted octanol–water partition coefficient (Wildman–Crippen LogP) is 3.69. The number of fused-ring (bicyclic) bond motifs is 1. The van der Waals surface area contributed by atoms with E-state index in [1.165, 1.54) is 30.5 Å². The summed E-state index contributed by atoms with van der Waals surface area (Å²) in [5.74, 6) is 0.00672. The number of halogens is 2. The SMILES string of the molecule is O=C1N2[C@@H](CC[C@H]2c2cc(F)cc(F)c2)OC12CCN(c1ncc(C3CC3)cn1)CC2. The zero-order valence-electron chi connectivity index (χ0n) is 17.1. The lowest BCUT2D eigenvalue weighted by Crippen LogP contribution is -2.50. The molecule has 4 heterocycles. The molecule has 8 heteroatoms. The summed E-state index contributed by atoms with van der Waals surface area (Å²) in [5, 5.41) is 0. The topological polar surface area (TPSA) is 58.6 Å². The lowest BCUT2D eigenvalue weighted by atomic mass is 9.89. The molecule has 162 valence electrons. The largest absolute Gasteiger partial charge is 0.342 e. The molecule has 3 aliphatic heterocycles. The van der Waals surface area contributed by atoms with Crippen LogP contribution in [0.3, 0.4) is 0 Å². The molecule has 1 saturated carbocycles. The Labute approximate surface area is 179 Å². The number of carbonyl (C=O) groups is 1. The molecule has 2 aromatic rings. The number of carbonyl (C=O) groups excluding carboxylic acids is 1. The van der Waals surface area contributed by atoms with E-state index in [2.05, 4.69) is 14.9 Å². The molecule has 1 amide bonds. The number of hydrogen-bond donors (Lipinski definition) is 0. The fourth-order valence-electron chi connectivity index (χ4n) is 5.33. The molecule has 0 unspecified atom stereocenters.